The van der Waals surface area contributed by atoms with Crippen molar-refractivity contribution in [2.45, 2.75) is 102 Å². The number of nitrogens with one attached hydrogen (secondary N) is 2. The molecule has 0 saturated carbocycles. The summed E-state index contributed by atoms with van der Waals surface area (Å²) < 4.78 is 22.1. The van der Waals surface area contributed by atoms with E-state index in [0.29, 0.717) is 75.0 Å². The number of aliphatic hydroxyl groups excluding tert-OH is 2. The van der Waals surface area contributed by atoms with Gasteiger partial charge in [-0.3, -0.25) is 38.9 Å². The molecule has 4 aromatic rings. The Morgan fingerprint density at radius 2 is 1.75 bits per heavy atom. The first-order valence-electron chi connectivity index (χ1n) is 21.0. The van der Waals surface area contributed by atoms with Gasteiger partial charge in [-0.15, -0.1) is 0 Å². The molecule has 0 radical (unpaired) electrons. The molecule has 334 valence electrons. The van der Waals surface area contributed by atoms with Crippen molar-refractivity contribution in [3.05, 3.63) is 87.5 Å². The number of unbranched alkanes of at least 4 members (excludes halogenated alkanes) is 1. The van der Waals surface area contributed by atoms with E-state index in [-0.39, 0.29) is 70.4 Å². The fourth-order valence-electron chi connectivity index (χ4n) is 8.31. The number of nitrogen functional groups attached to an aromatic ring is 1. The van der Waals surface area contributed by atoms with Gasteiger partial charge >= 0.3 is 0 Å². The van der Waals surface area contributed by atoms with E-state index in [4.69, 9.17) is 33.7 Å². The van der Waals surface area contributed by atoms with Crippen LogP contribution in [0, 0.1) is 5.82 Å². The van der Waals surface area contributed by atoms with E-state index in [9.17, 15) is 38.6 Å². The summed E-state index contributed by atoms with van der Waals surface area (Å²) in [7, 11) is 0. The molecule has 0 aliphatic carbocycles. The molecule has 6 N–H and O–H groups in total. The quantitative estimate of drug-likeness (QED) is 0.0478. The largest absolute Gasteiger partial charge is 0.482 e. The van der Waals surface area contributed by atoms with Crippen LogP contribution < -0.4 is 21.1 Å². The SMILES string of the molecule is C[C@@H](Oc1cc(-c2cnn(C3CCN(C(=O)CCCC(O)C(O)CCCCNc4cccc5c4C(=O)N(C4CCC(=O)NC4=O)C5=O)CC3)c2)cnc1N)c1c(Cl)ccc(F)c1Cl. The number of hydrogen-bond acceptors (Lipinski definition) is 12. The number of fused-ring (bicyclic) bond motifs is 1. The van der Waals surface area contributed by atoms with Gasteiger partial charge < -0.3 is 30.9 Å². The number of piperidine rings is 2. The Kier molecular flexibility index (Phi) is 14.3. The molecule has 63 heavy (non-hydrogen) atoms. The lowest BCUT2D eigenvalue weighted by molar-refractivity contribution is -0.136. The van der Waals surface area contributed by atoms with Crippen LogP contribution in [0.1, 0.15) is 110 Å². The first-order chi connectivity index (χ1) is 30.2. The zero-order valence-electron chi connectivity index (χ0n) is 34.6. The number of amides is 5. The Morgan fingerprint density at radius 1 is 1.00 bits per heavy atom. The Balaban J connectivity index is 0.805. The molecule has 7 rings (SSSR count). The number of hydrogen-bond donors (Lipinski definition) is 5. The number of pyridine rings is 1. The van der Waals surface area contributed by atoms with Gasteiger partial charge in [0.2, 0.25) is 17.7 Å². The molecule has 3 aliphatic rings. The predicted octanol–water partition coefficient (Wildman–Crippen LogP) is 5.85. The molecule has 4 atom stereocenters. The molecule has 2 saturated heterocycles. The van der Waals surface area contributed by atoms with Crippen LogP contribution in [0.5, 0.6) is 5.75 Å². The zero-order chi connectivity index (χ0) is 44.9. The number of nitrogens with zero attached hydrogens (tertiary/aromatic N) is 5. The molecular weight excluding hydrogens is 858 g/mol. The minimum atomic E-state index is -1.05. The van der Waals surface area contributed by atoms with Gasteiger partial charge in [-0.1, -0.05) is 29.3 Å². The molecule has 2 aromatic heterocycles. The zero-order valence-corrected chi connectivity index (χ0v) is 36.1. The number of halogens is 3. The summed E-state index contributed by atoms with van der Waals surface area (Å²) in [6, 6.07) is 8.21. The van der Waals surface area contributed by atoms with Crippen LogP contribution >= 0.6 is 23.2 Å². The van der Waals surface area contributed by atoms with E-state index in [1.807, 2.05) is 15.8 Å². The maximum Gasteiger partial charge on any atom is 0.264 e. The highest BCUT2D eigenvalue weighted by atomic mass is 35.5. The van der Waals surface area contributed by atoms with Gasteiger partial charge in [0, 0.05) is 72.3 Å². The number of benzene rings is 2. The second kappa shape index (κ2) is 19.8. The third kappa shape index (κ3) is 10.1. The van der Waals surface area contributed by atoms with Crippen LogP contribution in [0.3, 0.4) is 0 Å². The van der Waals surface area contributed by atoms with E-state index in [1.165, 1.54) is 18.2 Å². The van der Waals surface area contributed by atoms with E-state index < -0.39 is 53.8 Å². The van der Waals surface area contributed by atoms with Crippen LogP contribution in [0.4, 0.5) is 15.9 Å². The second-order valence-electron chi connectivity index (χ2n) is 16.1. The summed E-state index contributed by atoms with van der Waals surface area (Å²) in [6.45, 7) is 3.22. The van der Waals surface area contributed by atoms with Crippen molar-refractivity contribution in [2.24, 2.45) is 0 Å². The van der Waals surface area contributed by atoms with Crippen molar-refractivity contribution in [1.82, 2.24) is 29.9 Å². The molecule has 2 aromatic carbocycles. The van der Waals surface area contributed by atoms with Gasteiger partial charge in [-0.2, -0.15) is 5.10 Å². The molecule has 0 spiro atoms. The van der Waals surface area contributed by atoms with Crippen molar-refractivity contribution < 1.29 is 43.3 Å². The molecule has 5 amide bonds. The van der Waals surface area contributed by atoms with Crippen LogP contribution in [-0.2, 0) is 14.4 Å². The normalized spacial score (nSPS) is 18.3. The monoisotopic (exact) mass is 906 g/mol. The minimum Gasteiger partial charge on any atom is -0.482 e. The summed E-state index contributed by atoms with van der Waals surface area (Å²) in [4.78, 5) is 70.5. The third-order valence-corrected chi connectivity index (χ3v) is 12.6. The molecule has 2 fully saturated rings. The lowest BCUT2D eigenvalue weighted by Crippen LogP contribution is -2.54. The smallest absolute Gasteiger partial charge is 0.264 e. The average Bonchev–Trinajstić information content (AvgIpc) is 3.86. The van der Waals surface area contributed by atoms with Crippen molar-refractivity contribution in [2.75, 3.05) is 30.7 Å². The van der Waals surface area contributed by atoms with E-state index in [0.717, 1.165) is 10.5 Å². The highest BCUT2D eigenvalue weighted by Gasteiger charge is 2.45. The minimum absolute atomic E-state index is 0.00861. The fraction of sp³-hybridized carbons (Fsp3) is 0.432. The van der Waals surface area contributed by atoms with Gasteiger partial charge in [0.1, 0.15) is 18.0 Å². The Labute approximate surface area is 372 Å². The number of aromatic nitrogens is 3. The van der Waals surface area contributed by atoms with Crippen LogP contribution in [0.25, 0.3) is 11.1 Å². The van der Waals surface area contributed by atoms with Crippen molar-refractivity contribution in [1.29, 1.82) is 0 Å². The molecule has 16 nitrogen and oxygen atoms in total. The standard InChI is InChI=1S/C44H49Cl2FN8O8/c1-24(38-29(45)11-12-30(47)40(38)46)63-35-20-25(21-50-41(35)48)26-22-51-54(23-26)27-15-18-53(19-16-27)37(59)10-5-9-34(57)33(56)8-2-3-17-49-31-7-4-6-28-39(31)44(62)55(43(28)61)32-13-14-36(58)52-42(32)60/h4,6-7,11-12,20-24,27,32-34,49,56-57H,2-3,5,8-10,13-19H2,1H3,(H2,48,50)(H,52,58,60)/t24-,32?,33?,34?/m1/s1. The van der Waals surface area contributed by atoms with Gasteiger partial charge in [0.15, 0.2) is 11.6 Å². The highest BCUT2D eigenvalue weighted by molar-refractivity contribution is 6.36. The number of carbonyl (C=O) groups excluding carboxylic acids is 5. The number of ether oxygens (including phenoxy) is 1. The number of carbonyl (C=O) groups is 5. The van der Waals surface area contributed by atoms with Crippen LogP contribution in [0.2, 0.25) is 10.0 Å². The van der Waals surface area contributed by atoms with E-state index >= 15 is 0 Å². The molecule has 3 aliphatic heterocycles. The van der Waals surface area contributed by atoms with Crippen molar-refractivity contribution in [3.8, 4) is 16.9 Å². The maximum absolute atomic E-state index is 14.2. The Hall–Kier alpha value is -5.62. The summed E-state index contributed by atoms with van der Waals surface area (Å²) >= 11 is 12.5. The van der Waals surface area contributed by atoms with E-state index in [1.54, 1.807) is 37.5 Å². The number of nitrogens with two attached hydrogens (primary N) is 1. The van der Waals surface area contributed by atoms with Gasteiger partial charge in [0.05, 0.1) is 40.6 Å². The fourth-order valence-corrected chi connectivity index (χ4v) is 8.99. The molecular formula is C44H49Cl2FN8O8. The summed E-state index contributed by atoms with van der Waals surface area (Å²) in [6.07, 6.45) is 6.50. The lowest BCUT2D eigenvalue weighted by atomic mass is 10.0. The average molecular weight is 908 g/mol. The first kappa shape index (κ1) is 45.4. The molecule has 19 heteroatoms. The van der Waals surface area contributed by atoms with Crippen molar-refractivity contribution in [3.63, 3.8) is 0 Å². The highest BCUT2D eigenvalue weighted by Crippen LogP contribution is 2.38. The Morgan fingerprint density at radius 3 is 2.49 bits per heavy atom. The first-order valence-corrected chi connectivity index (χ1v) is 21.8. The van der Waals surface area contributed by atoms with Crippen LogP contribution in [-0.4, -0.2) is 102 Å². The van der Waals surface area contributed by atoms with E-state index in [2.05, 4.69) is 20.7 Å². The maximum atomic E-state index is 14.2. The lowest BCUT2D eigenvalue weighted by Gasteiger charge is -2.32. The number of aliphatic hydroxyl groups is 2. The van der Waals surface area contributed by atoms with Gasteiger partial charge in [-0.05, 0) is 88.6 Å². The number of anilines is 2. The third-order valence-electron chi connectivity index (χ3n) is 11.8. The number of imide groups is 2. The summed E-state index contributed by atoms with van der Waals surface area (Å²) in [5, 5.41) is 31.3. The van der Waals surface area contributed by atoms with Gasteiger partial charge in [-0.25, -0.2) is 9.37 Å². The second-order valence-corrected chi connectivity index (χ2v) is 16.9. The number of rotatable bonds is 17. The Bertz CT molecular complexity index is 2390. The molecule has 3 unspecified atom stereocenters. The topological polar surface area (TPSA) is 222 Å². The summed E-state index contributed by atoms with van der Waals surface area (Å²) in [5.41, 5.74) is 8.72. The summed E-state index contributed by atoms with van der Waals surface area (Å²) in [5.74, 6) is -2.49. The molecule has 0 bridgehead atoms. The van der Waals surface area contributed by atoms with Gasteiger partial charge in [0.25, 0.3) is 11.8 Å². The number of likely N-dealkylation sites (tertiary alicyclic amines) is 1. The van der Waals surface area contributed by atoms with Crippen molar-refractivity contribution >= 4 is 64.2 Å². The predicted molar refractivity (Wildman–Crippen MR) is 232 cm³/mol. The van der Waals surface area contributed by atoms with Crippen LogP contribution in [0.15, 0.2) is 55.0 Å². The molecule has 5 heterocycles.